The number of allylic oxidation sites excluding steroid dienone is 2. The molecule has 0 spiro atoms. The van der Waals surface area contributed by atoms with E-state index in [2.05, 4.69) is 36.3 Å². The van der Waals surface area contributed by atoms with Crippen molar-refractivity contribution in [2.75, 3.05) is 34.5 Å². The molecule has 2 fully saturated rings. The number of hydrogen-bond acceptors (Lipinski definition) is 5. The fourth-order valence-corrected chi connectivity index (χ4v) is 7.61. The van der Waals surface area contributed by atoms with E-state index < -0.39 is 0 Å². The normalized spacial score (nSPS) is 35.5. The van der Waals surface area contributed by atoms with E-state index in [1.807, 2.05) is 20.5 Å². The third kappa shape index (κ3) is 3.55. The van der Waals surface area contributed by atoms with Gasteiger partial charge in [0.25, 0.3) is 0 Å². The van der Waals surface area contributed by atoms with E-state index in [0.29, 0.717) is 24.4 Å². The van der Waals surface area contributed by atoms with Gasteiger partial charge in [0.2, 0.25) is 0 Å². The van der Waals surface area contributed by atoms with E-state index in [0.717, 1.165) is 37.9 Å². The molecule has 0 N–H and O–H groups in total. The van der Waals surface area contributed by atoms with Crippen molar-refractivity contribution < 1.29 is 19.0 Å². The van der Waals surface area contributed by atoms with Crippen LogP contribution in [0.1, 0.15) is 62.5 Å². The summed E-state index contributed by atoms with van der Waals surface area (Å²) in [6.45, 7) is 3.94. The molecule has 1 aromatic carbocycles. The molecule has 5 nitrogen and oxygen atoms in total. The molecule has 4 aliphatic rings. The summed E-state index contributed by atoms with van der Waals surface area (Å²) in [6, 6.07) is 8.88. The monoisotopic (exact) mass is 451 g/mol. The van der Waals surface area contributed by atoms with Crippen LogP contribution in [0.5, 0.6) is 0 Å². The topological polar surface area (TPSA) is 49.3 Å². The second kappa shape index (κ2) is 8.92. The molecule has 1 heterocycles. The minimum absolute atomic E-state index is 0.0692. The van der Waals surface area contributed by atoms with E-state index in [-0.39, 0.29) is 11.0 Å². The maximum Gasteiger partial charge on any atom is 0.106 e. The van der Waals surface area contributed by atoms with Crippen LogP contribution in [0.2, 0.25) is 0 Å². The zero-order valence-electron chi connectivity index (χ0n) is 20.4. The molecule has 0 saturated heterocycles. The quantitative estimate of drug-likeness (QED) is 0.416. The first kappa shape index (κ1) is 22.7. The zero-order valence-corrected chi connectivity index (χ0v) is 20.4. The molecular formula is C28H37NO4. The van der Waals surface area contributed by atoms with Gasteiger partial charge in [-0.1, -0.05) is 41.9 Å². The highest BCUT2D eigenvalue weighted by atomic mass is 16.6. The van der Waals surface area contributed by atoms with Gasteiger partial charge in [-0.15, -0.1) is 0 Å². The summed E-state index contributed by atoms with van der Waals surface area (Å²) in [5.41, 5.74) is 6.97. The average molecular weight is 452 g/mol. The smallest absolute Gasteiger partial charge is 0.106 e. The number of rotatable bonds is 6. The Morgan fingerprint density at radius 2 is 1.94 bits per heavy atom. The van der Waals surface area contributed by atoms with Gasteiger partial charge in [-0.2, -0.15) is 0 Å². The Hall–Kier alpha value is -2.11. The van der Waals surface area contributed by atoms with Gasteiger partial charge in [-0.05, 0) is 66.2 Å². The van der Waals surface area contributed by atoms with Gasteiger partial charge in [0.15, 0.2) is 0 Å². The van der Waals surface area contributed by atoms with Crippen LogP contribution >= 0.6 is 0 Å². The first-order valence-corrected chi connectivity index (χ1v) is 12.3. The molecule has 0 bridgehead atoms. The van der Waals surface area contributed by atoms with Crippen LogP contribution in [0.4, 0.5) is 0 Å². The van der Waals surface area contributed by atoms with E-state index in [1.165, 1.54) is 24.0 Å². The Balaban J connectivity index is 1.62. The number of methoxy groups -OCH3 is 2. The molecule has 0 radical (unpaired) electrons. The van der Waals surface area contributed by atoms with Gasteiger partial charge >= 0.3 is 0 Å². The molecule has 178 valence electrons. The molecule has 5 rings (SSSR count). The fraction of sp³-hybridized carbons (Fsp3) is 0.607. The number of benzene rings is 1. The first-order valence-electron chi connectivity index (χ1n) is 12.3. The van der Waals surface area contributed by atoms with Crippen LogP contribution < -0.4 is 0 Å². The largest absolute Gasteiger partial charge is 0.501 e. The SMILES string of the molecule is COC[C@]1(OC)CCC2C3CCC4=COCCC4=C3[C@@H](c3ccc(C=NOC)cc3)C[C@@]21C. The van der Waals surface area contributed by atoms with Gasteiger partial charge in [-0.3, -0.25) is 0 Å². The number of nitrogens with zero attached hydrogens (tertiary/aromatic N) is 1. The summed E-state index contributed by atoms with van der Waals surface area (Å²) in [5, 5.41) is 3.92. The molecule has 0 amide bonds. The molecule has 33 heavy (non-hydrogen) atoms. The lowest BCUT2D eigenvalue weighted by Crippen LogP contribution is -2.54. The highest BCUT2D eigenvalue weighted by Gasteiger charge is 2.63. The first-order chi connectivity index (χ1) is 16.1. The van der Waals surface area contributed by atoms with Gasteiger partial charge in [0, 0.05) is 32.0 Å². The zero-order chi connectivity index (χ0) is 23.1. The van der Waals surface area contributed by atoms with E-state index in [1.54, 1.807) is 24.5 Å². The summed E-state index contributed by atoms with van der Waals surface area (Å²) in [7, 11) is 5.27. The van der Waals surface area contributed by atoms with E-state index in [9.17, 15) is 0 Å². The Labute approximate surface area is 197 Å². The van der Waals surface area contributed by atoms with Gasteiger partial charge < -0.3 is 19.0 Å². The van der Waals surface area contributed by atoms with Crippen LogP contribution in [0.15, 0.2) is 52.4 Å². The Kier molecular flexibility index (Phi) is 6.13. The highest BCUT2D eigenvalue weighted by Crippen LogP contribution is 2.67. The molecule has 2 unspecified atom stereocenters. The highest BCUT2D eigenvalue weighted by molar-refractivity contribution is 5.79. The molecule has 1 aromatic rings. The Morgan fingerprint density at radius 3 is 2.67 bits per heavy atom. The lowest BCUT2D eigenvalue weighted by Gasteiger charge is -2.55. The van der Waals surface area contributed by atoms with Crippen LogP contribution in [0.3, 0.4) is 0 Å². The Morgan fingerprint density at radius 1 is 1.12 bits per heavy atom. The van der Waals surface area contributed by atoms with E-state index >= 15 is 0 Å². The van der Waals surface area contributed by atoms with Crippen molar-refractivity contribution in [3.8, 4) is 0 Å². The maximum absolute atomic E-state index is 6.34. The van der Waals surface area contributed by atoms with Gasteiger partial charge in [-0.25, -0.2) is 0 Å². The minimum atomic E-state index is -0.224. The van der Waals surface area contributed by atoms with E-state index in [4.69, 9.17) is 19.0 Å². The molecule has 2 saturated carbocycles. The molecule has 1 aliphatic heterocycles. The predicted octanol–water partition coefficient (Wildman–Crippen LogP) is 5.61. The van der Waals surface area contributed by atoms with Crippen LogP contribution in [-0.2, 0) is 19.0 Å². The fourth-order valence-electron chi connectivity index (χ4n) is 7.61. The number of fused-ring (bicyclic) bond motifs is 4. The van der Waals surface area contributed by atoms with Crippen molar-refractivity contribution >= 4 is 6.21 Å². The van der Waals surface area contributed by atoms with Crippen LogP contribution in [-0.4, -0.2) is 46.4 Å². The summed E-state index contributed by atoms with van der Waals surface area (Å²) >= 11 is 0. The van der Waals surface area contributed by atoms with Crippen molar-refractivity contribution in [3.05, 3.63) is 58.4 Å². The standard InChI is InChI=1S/C28H37NO4/c1-27-15-24(20-7-5-19(6-8-20)16-29-32-4)26-22-12-14-33-17-21(22)9-10-23(26)25(27)11-13-28(27,31-3)18-30-2/h5-8,16-17,23-25H,9-15,18H2,1-4H3/t23?,24-,25?,27+,28-/m1/s1. The summed E-state index contributed by atoms with van der Waals surface area (Å²) in [4.78, 5) is 4.86. The molecule has 3 aliphatic carbocycles. The summed E-state index contributed by atoms with van der Waals surface area (Å²) in [6.07, 6.45) is 10.5. The maximum atomic E-state index is 6.34. The molecule has 5 heteroatoms. The van der Waals surface area contributed by atoms with Gasteiger partial charge in [0.05, 0.1) is 31.3 Å². The van der Waals surface area contributed by atoms with Crippen molar-refractivity contribution in [2.24, 2.45) is 22.4 Å². The lowest BCUT2D eigenvalue weighted by molar-refractivity contribution is -0.149. The molecular weight excluding hydrogens is 414 g/mol. The minimum Gasteiger partial charge on any atom is -0.501 e. The van der Waals surface area contributed by atoms with Crippen molar-refractivity contribution in [1.29, 1.82) is 0 Å². The summed E-state index contributed by atoms with van der Waals surface area (Å²) < 4.78 is 17.8. The van der Waals surface area contributed by atoms with Crippen LogP contribution in [0, 0.1) is 17.3 Å². The second-order valence-corrected chi connectivity index (χ2v) is 10.4. The average Bonchev–Trinajstić information content (AvgIpc) is 3.14. The number of oxime groups is 1. The second-order valence-electron chi connectivity index (χ2n) is 10.4. The van der Waals surface area contributed by atoms with Crippen molar-refractivity contribution in [2.45, 2.75) is 57.0 Å². The molecule has 0 aromatic heterocycles. The van der Waals surface area contributed by atoms with Crippen molar-refractivity contribution in [3.63, 3.8) is 0 Å². The van der Waals surface area contributed by atoms with Crippen molar-refractivity contribution in [1.82, 2.24) is 0 Å². The lowest BCUT2D eigenvalue weighted by atomic mass is 9.51. The van der Waals surface area contributed by atoms with Gasteiger partial charge in [0.1, 0.15) is 7.11 Å². The molecule has 5 atom stereocenters. The third-order valence-electron chi connectivity index (χ3n) is 9.18. The third-order valence-corrected chi connectivity index (χ3v) is 9.18. The predicted molar refractivity (Wildman–Crippen MR) is 129 cm³/mol. The number of ether oxygens (including phenoxy) is 3. The van der Waals surface area contributed by atoms with Crippen LogP contribution in [0.25, 0.3) is 0 Å². The summed E-state index contributed by atoms with van der Waals surface area (Å²) in [5.74, 6) is 1.61. The number of hydrogen-bond donors (Lipinski definition) is 0. The Bertz CT molecular complexity index is 965.